The predicted molar refractivity (Wildman–Crippen MR) is 109 cm³/mol. The molecule has 0 fully saturated rings. The van der Waals surface area contributed by atoms with E-state index in [4.69, 9.17) is 4.74 Å². The van der Waals surface area contributed by atoms with Crippen molar-refractivity contribution in [1.29, 1.82) is 0 Å². The molecule has 0 spiro atoms. The Morgan fingerprint density at radius 1 is 1.17 bits per heavy atom. The Morgan fingerprint density at radius 2 is 1.86 bits per heavy atom. The Kier molecular flexibility index (Phi) is 6.44. The molecule has 0 aliphatic carbocycles. The third-order valence-corrected chi connectivity index (χ3v) is 4.64. The van der Waals surface area contributed by atoms with Crippen molar-refractivity contribution in [2.24, 2.45) is 0 Å². The normalized spacial score (nSPS) is 16.9. The lowest BCUT2D eigenvalue weighted by molar-refractivity contribution is -0.139. The number of carbonyl (C=O) groups excluding carboxylic acids is 2. The average molecular weight is 394 g/mol. The zero-order valence-corrected chi connectivity index (χ0v) is 16.4. The molecule has 0 aromatic heterocycles. The summed E-state index contributed by atoms with van der Waals surface area (Å²) < 4.78 is 18.7. The summed E-state index contributed by atoms with van der Waals surface area (Å²) in [5.41, 5.74) is 2.41. The number of amides is 2. The van der Waals surface area contributed by atoms with Crippen molar-refractivity contribution in [3.8, 4) is 0 Å². The molecule has 1 unspecified atom stereocenters. The molecule has 5 nitrogen and oxygen atoms in total. The van der Waals surface area contributed by atoms with Crippen LogP contribution < -0.4 is 5.32 Å². The second-order valence-electron chi connectivity index (χ2n) is 6.61. The summed E-state index contributed by atoms with van der Waals surface area (Å²) in [7, 11) is 0. The minimum atomic E-state index is -0.677. The fraction of sp³-hybridized carbons (Fsp3) is 0.217. The van der Waals surface area contributed by atoms with Crippen LogP contribution in [-0.2, 0) is 9.53 Å². The molecule has 1 N–H and O–H groups in total. The number of hydrogen-bond acceptors (Lipinski definition) is 3. The molecule has 0 saturated carbocycles. The molecule has 0 radical (unpaired) electrons. The molecular formula is C23H23FN2O3. The number of carbonyl (C=O) groups is 2. The minimum absolute atomic E-state index is 0.216. The minimum Gasteiger partial charge on any atom is -0.463 e. The van der Waals surface area contributed by atoms with Gasteiger partial charge in [-0.1, -0.05) is 54.6 Å². The number of hydrogen-bond donors (Lipinski definition) is 1. The monoisotopic (exact) mass is 394 g/mol. The van der Waals surface area contributed by atoms with Gasteiger partial charge in [-0.15, -0.1) is 0 Å². The van der Waals surface area contributed by atoms with Gasteiger partial charge in [-0.3, -0.25) is 0 Å². The predicted octanol–water partition coefficient (Wildman–Crippen LogP) is 4.44. The second kappa shape index (κ2) is 9.19. The third-order valence-electron chi connectivity index (χ3n) is 4.64. The van der Waals surface area contributed by atoms with Crippen LogP contribution in [-0.4, -0.2) is 30.1 Å². The number of nitrogens with zero attached hydrogens (tertiary/aromatic N) is 1. The summed E-state index contributed by atoms with van der Waals surface area (Å²) in [4.78, 5) is 26.9. The Morgan fingerprint density at radius 3 is 2.52 bits per heavy atom. The highest BCUT2D eigenvalue weighted by atomic mass is 19.1. The lowest BCUT2D eigenvalue weighted by atomic mass is 9.93. The van der Waals surface area contributed by atoms with Gasteiger partial charge in [0, 0.05) is 12.2 Å². The maximum absolute atomic E-state index is 13.5. The highest BCUT2D eigenvalue weighted by Crippen LogP contribution is 2.34. The molecule has 0 saturated heterocycles. The first-order chi connectivity index (χ1) is 14.0. The Hall–Kier alpha value is -3.41. The Labute approximate surface area is 169 Å². The standard InChI is InChI=1S/C23H23FN2O3/c1-3-29-22(27)20-16(2)25-23(28)26(15-7-10-17-8-5-4-6-9-17)21(20)18-11-13-19(24)14-12-18/h4-14,21H,3,15H2,1-2H3,(H,25,28)/b10-7+. The highest BCUT2D eigenvalue weighted by Gasteiger charge is 2.37. The summed E-state index contributed by atoms with van der Waals surface area (Å²) in [6.45, 7) is 3.87. The topological polar surface area (TPSA) is 58.6 Å². The largest absolute Gasteiger partial charge is 0.463 e. The van der Waals surface area contributed by atoms with Crippen molar-refractivity contribution in [3.63, 3.8) is 0 Å². The maximum atomic E-state index is 13.5. The van der Waals surface area contributed by atoms with E-state index in [-0.39, 0.29) is 25.0 Å². The fourth-order valence-corrected chi connectivity index (χ4v) is 3.30. The van der Waals surface area contributed by atoms with Crippen molar-refractivity contribution in [2.75, 3.05) is 13.2 Å². The number of halogens is 1. The molecule has 0 bridgehead atoms. The van der Waals surface area contributed by atoms with Gasteiger partial charge >= 0.3 is 12.0 Å². The van der Waals surface area contributed by atoms with Crippen LogP contribution in [0.1, 0.15) is 31.0 Å². The van der Waals surface area contributed by atoms with E-state index in [0.29, 0.717) is 16.8 Å². The number of allylic oxidation sites excluding steroid dienone is 1. The van der Waals surface area contributed by atoms with Crippen LogP contribution in [0.4, 0.5) is 9.18 Å². The van der Waals surface area contributed by atoms with Gasteiger partial charge < -0.3 is 15.0 Å². The first kappa shape index (κ1) is 20.3. The first-order valence-corrected chi connectivity index (χ1v) is 9.43. The van der Waals surface area contributed by atoms with Gasteiger partial charge in [0.25, 0.3) is 0 Å². The summed E-state index contributed by atoms with van der Waals surface area (Å²) in [5, 5.41) is 2.74. The molecule has 2 amide bonds. The van der Waals surface area contributed by atoms with E-state index in [0.717, 1.165) is 5.56 Å². The van der Waals surface area contributed by atoms with Crippen LogP contribution in [0.3, 0.4) is 0 Å². The van der Waals surface area contributed by atoms with E-state index in [1.165, 1.54) is 17.0 Å². The summed E-state index contributed by atoms with van der Waals surface area (Å²) in [6, 6.07) is 14.5. The average Bonchev–Trinajstić information content (AvgIpc) is 2.71. The number of esters is 1. The molecule has 1 heterocycles. The van der Waals surface area contributed by atoms with E-state index in [9.17, 15) is 14.0 Å². The SMILES string of the molecule is CCOC(=O)C1=C(C)NC(=O)N(C/C=C/c2ccccc2)C1c1ccc(F)cc1. The van der Waals surface area contributed by atoms with Gasteiger partial charge in [0.1, 0.15) is 5.82 Å². The van der Waals surface area contributed by atoms with Gasteiger partial charge in [0.05, 0.1) is 18.2 Å². The molecule has 6 heteroatoms. The van der Waals surface area contributed by atoms with Gasteiger partial charge in [-0.25, -0.2) is 14.0 Å². The molecule has 1 aliphatic heterocycles. The Bertz CT molecular complexity index is 936. The lowest BCUT2D eigenvalue weighted by Crippen LogP contribution is -2.48. The fourth-order valence-electron chi connectivity index (χ4n) is 3.30. The molecule has 2 aromatic carbocycles. The van der Waals surface area contributed by atoms with Crippen molar-refractivity contribution < 1.29 is 18.7 Å². The number of urea groups is 1. The number of ether oxygens (including phenoxy) is 1. The summed E-state index contributed by atoms with van der Waals surface area (Å²) in [5.74, 6) is -0.890. The van der Waals surface area contributed by atoms with Gasteiger partial charge in [0.2, 0.25) is 0 Å². The van der Waals surface area contributed by atoms with Crippen molar-refractivity contribution in [3.05, 3.63) is 88.9 Å². The molecule has 29 heavy (non-hydrogen) atoms. The number of nitrogens with one attached hydrogen (secondary N) is 1. The van der Waals surface area contributed by atoms with Crippen molar-refractivity contribution in [2.45, 2.75) is 19.9 Å². The summed E-state index contributed by atoms with van der Waals surface area (Å²) >= 11 is 0. The zero-order valence-electron chi connectivity index (χ0n) is 16.4. The molecule has 2 aromatic rings. The Balaban J connectivity index is 1.97. The van der Waals surface area contributed by atoms with E-state index in [1.54, 1.807) is 26.0 Å². The highest BCUT2D eigenvalue weighted by molar-refractivity contribution is 5.95. The number of benzene rings is 2. The zero-order chi connectivity index (χ0) is 20.8. The smallest absolute Gasteiger partial charge is 0.338 e. The van der Waals surface area contributed by atoms with Crippen LogP contribution in [0.25, 0.3) is 6.08 Å². The first-order valence-electron chi connectivity index (χ1n) is 9.43. The third kappa shape index (κ3) is 4.71. The quantitative estimate of drug-likeness (QED) is 0.737. The van der Waals surface area contributed by atoms with Gasteiger partial charge in [-0.05, 0) is 37.1 Å². The van der Waals surface area contributed by atoms with Crippen LogP contribution in [0.2, 0.25) is 0 Å². The molecule has 150 valence electrons. The van der Waals surface area contributed by atoms with E-state index in [1.807, 2.05) is 42.5 Å². The van der Waals surface area contributed by atoms with Gasteiger partial charge in [-0.2, -0.15) is 0 Å². The molecular weight excluding hydrogens is 371 g/mol. The van der Waals surface area contributed by atoms with Crippen LogP contribution in [0.5, 0.6) is 0 Å². The molecule has 1 aliphatic rings. The van der Waals surface area contributed by atoms with Gasteiger partial charge in [0.15, 0.2) is 0 Å². The lowest BCUT2D eigenvalue weighted by Gasteiger charge is -2.37. The van der Waals surface area contributed by atoms with E-state index >= 15 is 0 Å². The van der Waals surface area contributed by atoms with Crippen molar-refractivity contribution >= 4 is 18.1 Å². The summed E-state index contributed by atoms with van der Waals surface area (Å²) in [6.07, 6.45) is 3.76. The number of rotatable bonds is 6. The van der Waals surface area contributed by atoms with Crippen molar-refractivity contribution in [1.82, 2.24) is 10.2 Å². The van der Waals surface area contributed by atoms with Crippen LogP contribution in [0, 0.1) is 5.82 Å². The molecule has 1 atom stereocenters. The van der Waals surface area contributed by atoms with Crippen LogP contribution in [0.15, 0.2) is 71.9 Å². The second-order valence-corrected chi connectivity index (χ2v) is 6.61. The molecule has 3 rings (SSSR count). The van der Waals surface area contributed by atoms with E-state index in [2.05, 4.69) is 5.32 Å². The van der Waals surface area contributed by atoms with E-state index < -0.39 is 12.0 Å². The van der Waals surface area contributed by atoms with Crippen LogP contribution >= 0.6 is 0 Å². The maximum Gasteiger partial charge on any atom is 0.338 e.